The minimum Gasteiger partial charge on any atom is -0.486 e. The summed E-state index contributed by atoms with van der Waals surface area (Å²) in [5.41, 5.74) is 1.96. The molecule has 1 saturated heterocycles. The number of halogens is 1. The molecule has 6 heteroatoms. The molecule has 2 aromatic carbocycles. The van der Waals surface area contributed by atoms with Crippen LogP contribution in [0.2, 0.25) is 5.02 Å². The maximum Gasteiger partial charge on any atom is 0.244 e. The van der Waals surface area contributed by atoms with Gasteiger partial charge in [0, 0.05) is 23.8 Å². The molecule has 2 aromatic rings. The van der Waals surface area contributed by atoms with Gasteiger partial charge in [0.05, 0.1) is 6.04 Å². The second kappa shape index (κ2) is 6.94. The van der Waals surface area contributed by atoms with Crippen molar-refractivity contribution in [2.24, 2.45) is 0 Å². The maximum atomic E-state index is 12.6. The summed E-state index contributed by atoms with van der Waals surface area (Å²) in [6.07, 6.45) is 0.784. The number of ether oxygens (including phenoxy) is 2. The molecule has 0 unspecified atom stereocenters. The third-order valence-corrected chi connectivity index (χ3v) is 4.75. The highest BCUT2D eigenvalue weighted by atomic mass is 35.5. The number of hydrogen-bond acceptors (Lipinski definition) is 4. The van der Waals surface area contributed by atoms with Gasteiger partial charge in [-0.1, -0.05) is 17.7 Å². The number of carbonyl (C=O) groups is 1. The first kappa shape index (κ1) is 16.2. The second-order valence-electron chi connectivity index (χ2n) is 6.17. The predicted octanol–water partition coefficient (Wildman–Crippen LogP) is 3.01. The van der Waals surface area contributed by atoms with Gasteiger partial charge < -0.3 is 19.7 Å². The molecule has 1 amide bonds. The van der Waals surface area contributed by atoms with Gasteiger partial charge in [0.15, 0.2) is 11.5 Å². The maximum absolute atomic E-state index is 12.6. The molecule has 0 aromatic heterocycles. The number of carbonyl (C=O) groups excluding carboxylic acids is 1. The van der Waals surface area contributed by atoms with Crippen LogP contribution in [-0.2, 0) is 11.3 Å². The van der Waals surface area contributed by atoms with Gasteiger partial charge in [0.2, 0.25) is 5.91 Å². The lowest BCUT2D eigenvalue weighted by atomic mass is 10.1. The average molecular weight is 359 g/mol. The van der Waals surface area contributed by atoms with Crippen LogP contribution in [0.1, 0.15) is 12.0 Å². The molecule has 2 aliphatic heterocycles. The third-order valence-electron chi connectivity index (χ3n) is 4.50. The van der Waals surface area contributed by atoms with Gasteiger partial charge >= 0.3 is 0 Å². The molecule has 0 bridgehead atoms. The standard InChI is InChI=1S/C19H19ClN2O3/c20-14-2-4-15(5-3-14)22-8-7-16(19(22)23)21-12-13-1-6-17-18(11-13)25-10-9-24-17/h1-6,11,16,21H,7-10,12H2/t16-/m1/s1. The van der Waals surface area contributed by atoms with Gasteiger partial charge in [-0.15, -0.1) is 0 Å². The summed E-state index contributed by atoms with van der Waals surface area (Å²) in [6, 6.07) is 13.1. The van der Waals surface area contributed by atoms with Gasteiger partial charge in [0.25, 0.3) is 0 Å². The normalized spacial score (nSPS) is 19.3. The van der Waals surface area contributed by atoms with Gasteiger partial charge in [-0.2, -0.15) is 0 Å². The van der Waals surface area contributed by atoms with Crippen LogP contribution in [0.15, 0.2) is 42.5 Å². The number of fused-ring (bicyclic) bond motifs is 1. The molecule has 25 heavy (non-hydrogen) atoms. The summed E-state index contributed by atoms with van der Waals surface area (Å²) in [4.78, 5) is 14.4. The highest BCUT2D eigenvalue weighted by Gasteiger charge is 2.32. The van der Waals surface area contributed by atoms with Crippen molar-refractivity contribution < 1.29 is 14.3 Å². The summed E-state index contributed by atoms with van der Waals surface area (Å²) in [5.74, 6) is 1.65. The summed E-state index contributed by atoms with van der Waals surface area (Å²) < 4.78 is 11.1. The molecule has 130 valence electrons. The van der Waals surface area contributed by atoms with Gasteiger partial charge in [-0.25, -0.2) is 0 Å². The number of benzene rings is 2. The zero-order valence-corrected chi connectivity index (χ0v) is 14.5. The summed E-state index contributed by atoms with van der Waals surface area (Å²) >= 11 is 5.92. The number of anilines is 1. The summed E-state index contributed by atoms with van der Waals surface area (Å²) in [7, 11) is 0. The Bertz CT molecular complexity index is 779. The van der Waals surface area contributed by atoms with Crippen LogP contribution < -0.4 is 19.7 Å². The van der Waals surface area contributed by atoms with E-state index in [0.29, 0.717) is 31.3 Å². The Morgan fingerprint density at radius 1 is 1.08 bits per heavy atom. The monoisotopic (exact) mass is 358 g/mol. The summed E-state index contributed by atoms with van der Waals surface area (Å²) in [6.45, 7) is 2.48. The zero-order chi connectivity index (χ0) is 17.2. The SMILES string of the molecule is O=C1[C@H](NCc2ccc3c(c2)OCCO3)CCN1c1ccc(Cl)cc1. The molecule has 2 heterocycles. The minimum atomic E-state index is -0.177. The van der Waals surface area contributed by atoms with E-state index in [1.165, 1.54) is 0 Å². The van der Waals surface area contributed by atoms with Crippen molar-refractivity contribution in [1.82, 2.24) is 5.32 Å². The molecule has 2 aliphatic rings. The summed E-state index contributed by atoms with van der Waals surface area (Å²) in [5, 5.41) is 4.02. The van der Waals surface area contributed by atoms with E-state index in [1.54, 1.807) is 17.0 Å². The molecule has 1 atom stereocenters. The first-order valence-electron chi connectivity index (χ1n) is 8.39. The molecular formula is C19H19ClN2O3. The number of nitrogens with one attached hydrogen (secondary N) is 1. The second-order valence-corrected chi connectivity index (χ2v) is 6.60. The van der Waals surface area contributed by atoms with E-state index in [1.807, 2.05) is 30.3 Å². The van der Waals surface area contributed by atoms with Crippen molar-refractivity contribution in [3.8, 4) is 11.5 Å². The van der Waals surface area contributed by atoms with Crippen LogP contribution in [0.4, 0.5) is 5.69 Å². The van der Waals surface area contributed by atoms with Crippen LogP contribution in [0.25, 0.3) is 0 Å². The lowest BCUT2D eigenvalue weighted by Gasteiger charge is -2.20. The third kappa shape index (κ3) is 3.43. The molecule has 0 radical (unpaired) electrons. The predicted molar refractivity (Wildman–Crippen MR) is 96.5 cm³/mol. The van der Waals surface area contributed by atoms with E-state index in [4.69, 9.17) is 21.1 Å². The molecule has 1 N–H and O–H groups in total. The molecule has 4 rings (SSSR count). The Hall–Kier alpha value is -2.24. The highest BCUT2D eigenvalue weighted by Crippen LogP contribution is 2.31. The Balaban J connectivity index is 1.39. The van der Waals surface area contributed by atoms with Crippen LogP contribution in [0.3, 0.4) is 0 Å². The molecule has 0 saturated carbocycles. The van der Waals surface area contributed by atoms with E-state index < -0.39 is 0 Å². The van der Waals surface area contributed by atoms with Crippen LogP contribution in [0.5, 0.6) is 11.5 Å². The highest BCUT2D eigenvalue weighted by molar-refractivity contribution is 6.30. The zero-order valence-electron chi connectivity index (χ0n) is 13.7. The average Bonchev–Trinajstić information content (AvgIpc) is 3.01. The number of rotatable bonds is 4. The quantitative estimate of drug-likeness (QED) is 0.912. The van der Waals surface area contributed by atoms with Crippen molar-refractivity contribution in [2.75, 3.05) is 24.7 Å². The Labute approximate surface area is 151 Å². The van der Waals surface area contributed by atoms with Crippen molar-refractivity contribution in [3.63, 3.8) is 0 Å². The topological polar surface area (TPSA) is 50.8 Å². The van der Waals surface area contributed by atoms with Crippen LogP contribution in [0, 0.1) is 0 Å². The van der Waals surface area contributed by atoms with Gasteiger partial charge in [-0.3, -0.25) is 4.79 Å². The fourth-order valence-electron chi connectivity index (χ4n) is 3.19. The fraction of sp³-hybridized carbons (Fsp3) is 0.316. The van der Waals surface area contributed by atoms with Crippen LogP contribution >= 0.6 is 11.6 Å². The van der Waals surface area contributed by atoms with E-state index in [2.05, 4.69) is 5.32 Å². The number of nitrogens with zero attached hydrogens (tertiary/aromatic N) is 1. The Morgan fingerprint density at radius 2 is 1.84 bits per heavy atom. The van der Waals surface area contributed by atoms with Gasteiger partial charge in [0.1, 0.15) is 13.2 Å². The minimum absolute atomic E-state index is 0.0971. The molecule has 0 spiro atoms. The van der Waals surface area contributed by atoms with E-state index >= 15 is 0 Å². The molecule has 1 fully saturated rings. The van der Waals surface area contributed by atoms with Crippen molar-refractivity contribution in [1.29, 1.82) is 0 Å². The molecule has 5 nitrogen and oxygen atoms in total. The van der Waals surface area contributed by atoms with E-state index in [0.717, 1.165) is 29.2 Å². The first-order chi connectivity index (χ1) is 12.2. The van der Waals surface area contributed by atoms with Crippen molar-refractivity contribution in [2.45, 2.75) is 19.0 Å². The Morgan fingerprint density at radius 3 is 2.64 bits per heavy atom. The van der Waals surface area contributed by atoms with Gasteiger partial charge in [-0.05, 0) is 48.4 Å². The number of hydrogen-bond donors (Lipinski definition) is 1. The fourth-order valence-corrected chi connectivity index (χ4v) is 3.31. The van der Waals surface area contributed by atoms with E-state index in [-0.39, 0.29) is 11.9 Å². The first-order valence-corrected chi connectivity index (χ1v) is 8.77. The lowest BCUT2D eigenvalue weighted by Crippen LogP contribution is -2.38. The number of amides is 1. The lowest BCUT2D eigenvalue weighted by molar-refractivity contribution is -0.118. The molecule has 0 aliphatic carbocycles. The van der Waals surface area contributed by atoms with Crippen molar-refractivity contribution in [3.05, 3.63) is 53.1 Å². The molecular weight excluding hydrogens is 340 g/mol. The Kier molecular flexibility index (Phi) is 4.51. The largest absolute Gasteiger partial charge is 0.486 e. The smallest absolute Gasteiger partial charge is 0.244 e. The van der Waals surface area contributed by atoms with Crippen molar-refractivity contribution >= 4 is 23.2 Å². The van der Waals surface area contributed by atoms with Crippen LogP contribution in [-0.4, -0.2) is 31.7 Å². The van der Waals surface area contributed by atoms with E-state index in [9.17, 15) is 4.79 Å².